The van der Waals surface area contributed by atoms with E-state index in [2.05, 4.69) is 0 Å². The topological polar surface area (TPSA) is 38.8 Å². The van der Waals surface area contributed by atoms with E-state index in [1.165, 1.54) is 0 Å². The number of aryl methyl sites for hydroxylation is 1. The highest BCUT2D eigenvalue weighted by molar-refractivity contribution is 5.94. The lowest BCUT2D eigenvalue weighted by Crippen LogP contribution is -2.30. The molecule has 0 saturated carbocycles. The zero-order valence-corrected chi connectivity index (χ0v) is 20.3. The van der Waals surface area contributed by atoms with Crippen LogP contribution in [0.4, 0.5) is 0 Å². The normalized spacial score (nSPS) is 10.6. The highest BCUT2D eigenvalue weighted by Crippen LogP contribution is 2.25. The fourth-order valence-electron chi connectivity index (χ4n) is 3.99. The van der Waals surface area contributed by atoms with Crippen LogP contribution in [0.1, 0.15) is 39.5 Å². The first-order valence-electron chi connectivity index (χ1n) is 12.0. The van der Waals surface area contributed by atoms with Gasteiger partial charge in [-0.1, -0.05) is 78.9 Å². The first-order valence-corrected chi connectivity index (χ1v) is 12.0. The van der Waals surface area contributed by atoms with Gasteiger partial charge in [-0.25, -0.2) is 0 Å². The Labute approximate surface area is 207 Å². The molecule has 0 N–H and O–H groups in total. The van der Waals surface area contributed by atoms with Gasteiger partial charge in [0.05, 0.1) is 6.61 Å². The Bertz CT molecular complexity index is 1200. The number of carbonyl (C=O) groups is 1. The van der Waals surface area contributed by atoms with E-state index < -0.39 is 0 Å². The van der Waals surface area contributed by atoms with Gasteiger partial charge in [0.2, 0.25) is 0 Å². The van der Waals surface area contributed by atoms with E-state index in [4.69, 9.17) is 9.47 Å². The third-order valence-electron chi connectivity index (χ3n) is 5.80. The van der Waals surface area contributed by atoms with Gasteiger partial charge in [-0.05, 0) is 54.8 Å². The number of para-hydroxylation sites is 1. The number of hydrogen-bond donors (Lipinski definition) is 0. The zero-order valence-electron chi connectivity index (χ0n) is 20.3. The van der Waals surface area contributed by atoms with Crippen LogP contribution in [0.15, 0.2) is 103 Å². The van der Waals surface area contributed by atoms with Crippen LogP contribution >= 0.6 is 0 Å². The molecule has 0 saturated heterocycles. The number of ether oxygens (including phenoxy) is 2. The molecule has 178 valence electrons. The van der Waals surface area contributed by atoms with Crippen LogP contribution < -0.4 is 9.47 Å². The summed E-state index contributed by atoms with van der Waals surface area (Å²) in [5.41, 5.74) is 4.70. The fourth-order valence-corrected chi connectivity index (χ4v) is 3.99. The number of rotatable bonds is 10. The monoisotopic (exact) mass is 465 g/mol. The Kier molecular flexibility index (Phi) is 8.18. The molecule has 0 radical (unpaired) electrons. The van der Waals surface area contributed by atoms with Crippen molar-refractivity contribution in [2.45, 2.75) is 33.5 Å². The van der Waals surface area contributed by atoms with E-state index in [1.807, 2.05) is 122 Å². The van der Waals surface area contributed by atoms with Gasteiger partial charge in [-0.3, -0.25) is 4.79 Å². The second-order valence-corrected chi connectivity index (χ2v) is 8.44. The summed E-state index contributed by atoms with van der Waals surface area (Å²) in [6, 6.07) is 33.7. The molecule has 0 aromatic heterocycles. The van der Waals surface area contributed by atoms with Crippen LogP contribution in [-0.2, 0) is 19.7 Å². The Morgan fingerprint density at radius 1 is 0.714 bits per heavy atom. The number of benzene rings is 4. The van der Waals surface area contributed by atoms with Crippen LogP contribution in [0.3, 0.4) is 0 Å². The van der Waals surface area contributed by atoms with Crippen molar-refractivity contribution >= 4 is 5.91 Å². The SMILES string of the molecule is CCOc1ccc(C(=O)N(Cc2ccccc2)Cc2ccccc2)cc1COc1ccccc1C. The standard InChI is InChI=1S/C31H31NO3/c1-3-34-30-19-18-27(20-28(30)23-35-29-17-11-10-12-24(29)2)31(33)32(21-25-13-6-4-7-14-25)22-26-15-8-5-9-16-26/h4-20H,3,21-23H2,1-2H3. The maximum atomic E-state index is 13.7. The van der Waals surface area contributed by atoms with Crippen molar-refractivity contribution in [3.63, 3.8) is 0 Å². The average Bonchev–Trinajstić information content (AvgIpc) is 2.89. The summed E-state index contributed by atoms with van der Waals surface area (Å²) in [6.45, 7) is 5.88. The molecular formula is C31H31NO3. The number of nitrogens with zero attached hydrogens (tertiary/aromatic N) is 1. The van der Waals surface area contributed by atoms with Gasteiger partial charge in [0.1, 0.15) is 18.1 Å². The van der Waals surface area contributed by atoms with Gasteiger partial charge in [0.25, 0.3) is 5.91 Å². The smallest absolute Gasteiger partial charge is 0.254 e. The van der Waals surface area contributed by atoms with Crippen molar-refractivity contribution in [1.82, 2.24) is 4.90 Å². The van der Waals surface area contributed by atoms with Gasteiger partial charge < -0.3 is 14.4 Å². The van der Waals surface area contributed by atoms with E-state index >= 15 is 0 Å². The third kappa shape index (κ3) is 6.51. The van der Waals surface area contributed by atoms with Crippen molar-refractivity contribution < 1.29 is 14.3 Å². The van der Waals surface area contributed by atoms with E-state index in [1.54, 1.807) is 0 Å². The molecule has 4 heteroatoms. The maximum Gasteiger partial charge on any atom is 0.254 e. The molecule has 0 aliphatic rings. The highest BCUT2D eigenvalue weighted by Gasteiger charge is 2.19. The van der Waals surface area contributed by atoms with Crippen molar-refractivity contribution in [2.75, 3.05) is 6.61 Å². The molecule has 4 aromatic carbocycles. The van der Waals surface area contributed by atoms with Gasteiger partial charge in [0.15, 0.2) is 0 Å². The van der Waals surface area contributed by atoms with Crippen molar-refractivity contribution in [2.24, 2.45) is 0 Å². The van der Waals surface area contributed by atoms with Crippen LogP contribution in [0, 0.1) is 6.92 Å². The van der Waals surface area contributed by atoms with Gasteiger partial charge in [-0.2, -0.15) is 0 Å². The van der Waals surface area contributed by atoms with E-state index in [-0.39, 0.29) is 5.91 Å². The Morgan fingerprint density at radius 2 is 1.31 bits per heavy atom. The van der Waals surface area contributed by atoms with Crippen molar-refractivity contribution in [3.8, 4) is 11.5 Å². The van der Waals surface area contributed by atoms with Crippen LogP contribution in [0.5, 0.6) is 11.5 Å². The summed E-state index contributed by atoms with van der Waals surface area (Å²) in [5.74, 6) is 1.52. The van der Waals surface area contributed by atoms with E-state index in [0.717, 1.165) is 33.8 Å². The molecule has 4 aromatic rings. The summed E-state index contributed by atoms with van der Waals surface area (Å²) < 4.78 is 11.9. The maximum absolute atomic E-state index is 13.7. The first-order chi connectivity index (χ1) is 17.1. The van der Waals surface area contributed by atoms with Gasteiger partial charge in [0, 0.05) is 24.2 Å². The molecule has 35 heavy (non-hydrogen) atoms. The highest BCUT2D eigenvalue weighted by atomic mass is 16.5. The largest absolute Gasteiger partial charge is 0.493 e. The molecule has 0 bridgehead atoms. The lowest BCUT2D eigenvalue weighted by molar-refractivity contribution is 0.0729. The van der Waals surface area contributed by atoms with Crippen LogP contribution in [0.25, 0.3) is 0 Å². The third-order valence-corrected chi connectivity index (χ3v) is 5.80. The summed E-state index contributed by atoms with van der Waals surface area (Å²) in [5, 5.41) is 0. The molecule has 0 aliphatic carbocycles. The lowest BCUT2D eigenvalue weighted by Gasteiger charge is -2.24. The molecule has 4 nitrogen and oxygen atoms in total. The molecule has 0 unspecified atom stereocenters. The summed E-state index contributed by atoms with van der Waals surface area (Å²) in [6.07, 6.45) is 0. The molecule has 1 amide bonds. The lowest BCUT2D eigenvalue weighted by atomic mass is 10.1. The Balaban J connectivity index is 1.61. The van der Waals surface area contributed by atoms with Crippen LogP contribution in [-0.4, -0.2) is 17.4 Å². The predicted octanol–water partition coefficient (Wildman–Crippen LogP) is 6.82. The summed E-state index contributed by atoms with van der Waals surface area (Å²) in [4.78, 5) is 15.6. The van der Waals surface area contributed by atoms with Gasteiger partial charge in [-0.15, -0.1) is 0 Å². The number of hydrogen-bond acceptors (Lipinski definition) is 3. The number of amides is 1. The molecule has 4 rings (SSSR count). The first kappa shape index (κ1) is 24.1. The Hall–Kier alpha value is -4.05. The van der Waals surface area contributed by atoms with E-state index in [0.29, 0.717) is 31.9 Å². The minimum atomic E-state index is -0.0297. The molecule has 0 spiro atoms. The van der Waals surface area contributed by atoms with E-state index in [9.17, 15) is 4.79 Å². The van der Waals surface area contributed by atoms with Gasteiger partial charge >= 0.3 is 0 Å². The zero-order chi connectivity index (χ0) is 24.5. The molecule has 0 heterocycles. The van der Waals surface area contributed by atoms with Crippen molar-refractivity contribution in [3.05, 3.63) is 131 Å². The quantitative estimate of drug-likeness (QED) is 0.258. The summed E-state index contributed by atoms with van der Waals surface area (Å²) >= 11 is 0. The van der Waals surface area contributed by atoms with Crippen LogP contribution in [0.2, 0.25) is 0 Å². The number of carbonyl (C=O) groups excluding carboxylic acids is 1. The second kappa shape index (κ2) is 11.9. The van der Waals surface area contributed by atoms with Crippen molar-refractivity contribution in [1.29, 1.82) is 0 Å². The molecule has 0 aliphatic heterocycles. The Morgan fingerprint density at radius 3 is 1.91 bits per heavy atom. The fraction of sp³-hybridized carbons (Fsp3) is 0.194. The summed E-state index contributed by atoms with van der Waals surface area (Å²) in [7, 11) is 0. The minimum absolute atomic E-state index is 0.0297. The molecule has 0 fully saturated rings. The molecular weight excluding hydrogens is 434 g/mol. The average molecular weight is 466 g/mol. The minimum Gasteiger partial charge on any atom is -0.493 e. The molecule has 0 atom stereocenters. The predicted molar refractivity (Wildman–Crippen MR) is 140 cm³/mol. The second-order valence-electron chi connectivity index (χ2n) is 8.44.